The molecule has 4 bridgehead atoms. The van der Waals surface area contributed by atoms with Crippen molar-refractivity contribution in [1.82, 2.24) is 39.5 Å². The Balaban J connectivity index is 1.09. The molecule has 0 fully saturated rings. The summed E-state index contributed by atoms with van der Waals surface area (Å²) >= 11 is 0. The number of imidazole rings is 2. The highest BCUT2D eigenvalue weighted by Crippen LogP contribution is 2.45. The maximum atomic E-state index is 14.4. The minimum Gasteiger partial charge on any atom is -0.343 e. The van der Waals surface area contributed by atoms with E-state index in [4.69, 9.17) is 9.97 Å². The number of likely N-dealkylation sites (N-methyl/N-ethyl adjacent to an activating group) is 4. The molecule has 0 saturated heterocycles. The molecule has 4 heterocycles. The van der Waals surface area contributed by atoms with E-state index in [9.17, 15) is 9.59 Å². The predicted molar refractivity (Wildman–Crippen MR) is 209 cm³/mol. The highest BCUT2D eigenvalue weighted by atomic mass is 16.2. The monoisotopic (exact) mass is 718 g/mol. The normalized spacial score (nSPS) is 19.6. The van der Waals surface area contributed by atoms with Crippen molar-refractivity contribution in [2.45, 2.75) is 36.0 Å². The van der Waals surface area contributed by atoms with E-state index >= 15 is 0 Å². The van der Waals surface area contributed by atoms with E-state index < -0.39 is 23.2 Å². The first-order valence-electron chi connectivity index (χ1n) is 18.3. The van der Waals surface area contributed by atoms with Gasteiger partial charge in [-0.3, -0.25) is 19.4 Å². The first kappa shape index (κ1) is 35.2. The van der Waals surface area contributed by atoms with Gasteiger partial charge in [-0.1, -0.05) is 109 Å². The number of amides is 2. The first-order valence-corrected chi connectivity index (χ1v) is 18.3. The highest BCUT2D eigenvalue weighted by Gasteiger charge is 2.50. The zero-order chi connectivity index (χ0) is 37.8. The fourth-order valence-corrected chi connectivity index (χ4v) is 8.67. The minimum absolute atomic E-state index is 0.00274. The second-order valence-electron chi connectivity index (χ2n) is 15.1. The number of hydrogen-bond acceptors (Lipinski definition) is 6. The van der Waals surface area contributed by atoms with Gasteiger partial charge in [0.25, 0.3) is 0 Å². The fraction of sp³-hybridized carbons (Fsp3) is 0.273. The van der Waals surface area contributed by atoms with E-state index in [1.54, 1.807) is 0 Å². The molecule has 0 spiro atoms. The summed E-state index contributed by atoms with van der Waals surface area (Å²) in [5, 5.41) is 0. The number of aromatic amines is 2. The van der Waals surface area contributed by atoms with E-state index in [-0.39, 0.29) is 11.8 Å². The largest absolute Gasteiger partial charge is 0.343 e. The van der Waals surface area contributed by atoms with Gasteiger partial charge in [0.2, 0.25) is 11.8 Å². The maximum absolute atomic E-state index is 14.4. The van der Waals surface area contributed by atoms with Crippen LogP contribution < -0.4 is 0 Å². The molecule has 0 saturated carbocycles. The van der Waals surface area contributed by atoms with Crippen molar-refractivity contribution in [2.75, 3.05) is 42.3 Å². The standard InChI is InChI=1S/C44H46N8O2/c1-49(2)37(31-13-9-7-10-14-31)39(53)51(5)43(25-35-27-45-41(43)47-35)33-21-17-29(18-22-33)30-19-23-34(24-20-30)44(26-36-28-46-42(44)48-36)52(6)40(54)38(50(3)4)32-15-11-8-12-16-32/h7-24,27-28,37-38H,25-26H2,1-6H3,(H,45,47)(H,46,48)/t37-,38-,43-,44?/m1/s1. The Bertz CT molecular complexity index is 2120. The van der Waals surface area contributed by atoms with Gasteiger partial charge in [0, 0.05) is 50.7 Å². The summed E-state index contributed by atoms with van der Waals surface area (Å²) in [5.74, 6) is 1.52. The first-order chi connectivity index (χ1) is 26.0. The molecule has 2 N–H and O–H groups in total. The Labute approximate surface area is 316 Å². The number of nitrogens with zero attached hydrogens (tertiary/aromatic N) is 6. The van der Waals surface area contributed by atoms with Crippen LogP contribution in [-0.4, -0.2) is 93.6 Å². The molecule has 2 amide bonds. The molecule has 54 heavy (non-hydrogen) atoms. The van der Waals surface area contributed by atoms with Gasteiger partial charge < -0.3 is 19.8 Å². The number of H-pyrrole nitrogens is 2. The smallest absolute Gasteiger partial charge is 0.245 e. The van der Waals surface area contributed by atoms with Crippen LogP contribution in [0.1, 0.15) is 57.4 Å². The number of carbonyl (C=O) groups excluding carboxylic acids is 2. The van der Waals surface area contributed by atoms with Crippen LogP contribution in [0.3, 0.4) is 0 Å². The van der Waals surface area contributed by atoms with Crippen molar-refractivity contribution in [3.63, 3.8) is 0 Å². The lowest BCUT2D eigenvalue weighted by atomic mass is 9.82. The number of nitrogens with one attached hydrogen (secondary N) is 2. The summed E-state index contributed by atoms with van der Waals surface area (Å²) in [6.07, 6.45) is 4.96. The Kier molecular flexibility index (Phi) is 8.82. The molecule has 4 aromatic carbocycles. The molecule has 4 atom stereocenters. The van der Waals surface area contributed by atoms with Crippen molar-refractivity contribution >= 4 is 11.8 Å². The van der Waals surface area contributed by atoms with Crippen LogP contribution in [0.4, 0.5) is 0 Å². The maximum Gasteiger partial charge on any atom is 0.245 e. The minimum atomic E-state index is -0.759. The van der Waals surface area contributed by atoms with Gasteiger partial charge in [-0.25, -0.2) is 9.97 Å². The number of rotatable bonds is 11. The van der Waals surface area contributed by atoms with Crippen LogP contribution in [0, 0.1) is 0 Å². The molecular weight excluding hydrogens is 673 g/mol. The number of fused-ring (bicyclic) bond motifs is 4. The average molecular weight is 719 g/mol. The van der Waals surface area contributed by atoms with Crippen LogP contribution in [0.25, 0.3) is 11.1 Å². The quantitative estimate of drug-likeness (QED) is 0.173. The Morgan fingerprint density at radius 3 is 1.17 bits per heavy atom. The summed E-state index contributed by atoms with van der Waals surface area (Å²) in [6.45, 7) is 0. The van der Waals surface area contributed by atoms with Crippen LogP contribution in [0.2, 0.25) is 0 Å². The third kappa shape index (κ3) is 5.56. The van der Waals surface area contributed by atoms with E-state index in [0.717, 1.165) is 56.4 Å². The highest BCUT2D eigenvalue weighted by molar-refractivity contribution is 5.85. The lowest BCUT2D eigenvalue weighted by Crippen LogP contribution is -2.52. The number of benzene rings is 4. The zero-order valence-electron chi connectivity index (χ0n) is 31.6. The van der Waals surface area contributed by atoms with Crippen molar-refractivity contribution in [3.05, 3.63) is 167 Å². The third-order valence-electron chi connectivity index (χ3n) is 11.5. The molecule has 1 unspecified atom stereocenters. The Hall–Kier alpha value is -5.84. The second-order valence-corrected chi connectivity index (χ2v) is 15.1. The van der Waals surface area contributed by atoms with Crippen LogP contribution in [-0.2, 0) is 33.5 Å². The predicted octanol–water partition coefficient (Wildman–Crippen LogP) is 5.92. The average Bonchev–Trinajstić information content (AvgIpc) is 4.01. The van der Waals surface area contributed by atoms with Gasteiger partial charge in [0.05, 0.1) is 0 Å². The van der Waals surface area contributed by atoms with E-state index in [0.29, 0.717) is 12.8 Å². The summed E-state index contributed by atoms with van der Waals surface area (Å²) in [5.41, 5.74) is 6.44. The van der Waals surface area contributed by atoms with Gasteiger partial charge in [-0.15, -0.1) is 0 Å². The number of carbonyl (C=O) groups is 2. The molecule has 2 aromatic heterocycles. The van der Waals surface area contributed by atoms with Crippen molar-refractivity contribution < 1.29 is 9.59 Å². The van der Waals surface area contributed by atoms with Crippen molar-refractivity contribution in [1.29, 1.82) is 0 Å². The van der Waals surface area contributed by atoms with Crippen LogP contribution in [0.15, 0.2) is 122 Å². The van der Waals surface area contributed by atoms with Gasteiger partial charge in [-0.05, 0) is 61.6 Å². The van der Waals surface area contributed by atoms with Gasteiger partial charge >= 0.3 is 0 Å². The topological polar surface area (TPSA) is 104 Å². The van der Waals surface area contributed by atoms with Crippen LogP contribution in [0.5, 0.6) is 0 Å². The summed E-state index contributed by atoms with van der Waals surface area (Å²) < 4.78 is 0. The van der Waals surface area contributed by atoms with E-state index in [2.05, 4.69) is 58.5 Å². The van der Waals surface area contributed by atoms with E-state index in [1.165, 1.54) is 0 Å². The molecule has 6 aromatic rings. The molecule has 8 rings (SSSR count). The third-order valence-corrected chi connectivity index (χ3v) is 11.5. The van der Waals surface area contributed by atoms with E-state index in [1.807, 2.05) is 135 Å². The number of hydrogen-bond donors (Lipinski definition) is 2. The molecule has 10 heteroatoms. The Morgan fingerprint density at radius 1 is 0.537 bits per heavy atom. The SMILES string of the molecule is CN(C)[C@@H](C(=O)N(C)C1(c2ccc(-c3ccc([C@]4(N(C)C(=O)[C@@H](c5ccccc5)N(C)C)Cc5cnc4[nH]5)cc3)cc2)Cc2cnc1[nH]2)c1ccccc1. The van der Waals surface area contributed by atoms with Crippen molar-refractivity contribution in [3.8, 4) is 11.1 Å². The Morgan fingerprint density at radius 2 is 0.889 bits per heavy atom. The molecule has 2 aliphatic rings. The fourth-order valence-electron chi connectivity index (χ4n) is 8.67. The molecular formula is C44H46N8O2. The molecule has 10 nitrogen and oxygen atoms in total. The molecule has 0 radical (unpaired) electrons. The van der Waals surface area contributed by atoms with Gasteiger partial charge in [0.15, 0.2) is 0 Å². The molecule has 2 aliphatic heterocycles. The molecule has 0 aliphatic carbocycles. The summed E-state index contributed by atoms with van der Waals surface area (Å²) in [4.78, 5) is 52.8. The lowest BCUT2D eigenvalue weighted by Gasteiger charge is -2.42. The molecule has 274 valence electrons. The summed E-state index contributed by atoms with van der Waals surface area (Å²) in [6, 6.07) is 35.9. The van der Waals surface area contributed by atoms with Gasteiger partial charge in [0.1, 0.15) is 34.8 Å². The van der Waals surface area contributed by atoms with Gasteiger partial charge in [-0.2, -0.15) is 0 Å². The van der Waals surface area contributed by atoms with Crippen LogP contribution >= 0.6 is 0 Å². The zero-order valence-corrected chi connectivity index (χ0v) is 31.6. The lowest BCUT2D eigenvalue weighted by molar-refractivity contribution is -0.141. The van der Waals surface area contributed by atoms with Crippen molar-refractivity contribution in [2.24, 2.45) is 0 Å². The number of aromatic nitrogens is 4. The second kappa shape index (κ2) is 13.5. The summed E-state index contributed by atoms with van der Waals surface area (Å²) in [7, 11) is 11.5.